The topological polar surface area (TPSA) is 129 Å². The molecule has 3 aromatic rings. The van der Waals surface area contributed by atoms with Crippen LogP contribution in [0.1, 0.15) is 32.3 Å². The number of piperidine rings is 1. The van der Waals surface area contributed by atoms with E-state index in [9.17, 15) is 19.1 Å². The summed E-state index contributed by atoms with van der Waals surface area (Å²) in [7, 11) is 1.66. The largest absolute Gasteiger partial charge is 0.477 e. The zero-order valence-corrected chi connectivity index (χ0v) is 19.2. The van der Waals surface area contributed by atoms with E-state index in [0.29, 0.717) is 29.5 Å². The number of carboxylic acid groups (broad SMARTS) is 1. The number of thiazole rings is 1. The first-order valence-electron chi connectivity index (χ1n) is 9.50. The number of hydrogen-bond donors (Lipinski definition) is 3. The zero-order valence-electron chi connectivity index (χ0n) is 16.9. The average Bonchev–Trinajstić information content (AvgIpc) is 3.44. The normalized spacial score (nSPS) is 18.7. The number of rotatable bonds is 5. The number of amides is 1. The fraction of sp³-hybridized carbons (Fsp3) is 0.389. The van der Waals surface area contributed by atoms with Crippen LogP contribution in [0.15, 0.2) is 6.20 Å². The summed E-state index contributed by atoms with van der Waals surface area (Å²) in [5, 5.41) is 20.6. The van der Waals surface area contributed by atoms with Gasteiger partial charge in [0.1, 0.15) is 28.1 Å². The van der Waals surface area contributed by atoms with Gasteiger partial charge in [0.05, 0.1) is 28.8 Å². The van der Waals surface area contributed by atoms with Gasteiger partial charge in [-0.15, -0.1) is 5.10 Å². The highest BCUT2D eigenvalue weighted by atomic mass is 35.5. The van der Waals surface area contributed by atoms with Crippen molar-refractivity contribution in [1.29, 1.82) is 0 Å². The zero-order chi connectivity index (χ0) is 23.2. The molecule has 14 heteroatoms. The molecule has 32 heavy (non-hydrogen) atoms. The lowest BCUT2D eigenvalue weighted by Gasteiger charge is -2.34. The molecular weight excluding hydrogens is 484 g/mol. The van der Waals surface area contributed by atoms with Crippen LogP contribution in [0.2, 0.25) is 10.0 Å². The number of alkyl halides is 1. The molecule has 2 atom stereocenters. The first-order chi connectivity index (χ1) is 15.2. The van der Waals surface area contributed by atoms with E-state index in [-0.39, 0.29) is 32.9 Å². The minimum absolute atomic E-state index is 0.0000280. The van der Waals surface area contributed by atoms with Crippen LogP contribution in [-0.4, -0.2) is 67.2 Å². The van der Waals surface area contributed by atoms with Gasteiger partial charge in [0.25, 0.3) is 5.91 Å². The molecule has 0 saturated carbocycles. The number of aryl methyl sites for hydroxylation is 2. The van der Waals surface area contributed by atoms with Gasteiger partial charge in [-0.2, -0.15) is 0 Å². The molecule has 0 aliphatic carbocycles. The molecule has 1 saturated heterocycles. The molecule has 0 radical (unpaired) electrons. The van der Waals surface area contributed by atoms with Gasteiger partial charge < -0.3 is 20.3 Å². The predicted octanol–water partition coefficient (Wildman–Crippen LogP) is 2.93. The first kappa shape index (κ1) is 22.5. The number of halogens is 3. The van der Waals surface area contributed by atoms with Crippen LogP contribution in [0, 0.1) is 6.92 Å². The number of carbonyl (C=O) groups excluding carboxylic acids is 1. The maximum Gasteiger partial charge on any atom is 0.348 e. The number of hydrogen-bond acceptors (Lipinski definition) is 7. The second-order valence-corrected chi connectivity index (χ2v) is 9.07. The summed E-state index contributed by atoms with van der Waals surface area (Å²) in [6.07, 6.45) is 0.445. The van der Waals surface area contributed by atoms with Crippen molar-refractivity contribution < 1.29 is 19.1 Å². The third kappa shape index (κ3) is 4.17. The molecule has 3 N–H and O–H groups in total. The summed E-state index contributed by atoms with van der Waals surface area (Å²) in [4.78, 5) is 33.0. The highest BCUT2D eigenvalue weighted by Crippen LogP contribution is 2.34. The summed E-state index contributed by atoms with van der Waals surface area (Å²) in [6.45, 7) is 1.99. The standard InChI is InChI=1S/C18H18Cl2FN7O3S/c1-7-11(19)12(20)14(22-7)16(29)23-9-3-4-28(5-8(9)21)18-24-13(15(32-18)17(30)31)10-6-27(2)26-25-10/h6,8-9,22H,3-5H2,1-2H3,(H,23,29)(H,30,31). The lowest BCUT2D eigenvalue weighted by Crippen LogP contribution is -2.52. The minimum Gasteiger partial charge on any atom is -0.477 e. The molecule has 3 aromatic heterocycles. The van der Waals surface area contributed by atoms with Crippen LogP contribution in [0.3, 0.4) is 0 Å². The fourth-order valence-electron chi connectivity index (χ4n) is 3.43. The smallest absolute Gasteiger partial charge is 0.348 e. The molecule has 4 heterocycles. The number of aromatic amines is 1. The predicted molar refractivity (Wildman–Crippen MR) is 118 cm³/mol. The number of aromatic carboxylic acids is 1. The van der Waals surface area contributed by atoms with Crippen molar-refractivity contribution in [1.82, 2.24) is 30.3 Å². The first-order valence-corrected chi connectivity index (χ1v) is 11.1. The molecule has 0 spiro atoms. The van der Waals surface area contributed by atoms with Gasteiger partial charge in [-0.25, -0.2) is 14.2 Å². The van der Waals surface area contributed by atoms with Crippen LogP contribution in [0.5, 0.6) is 0 Å². The molecule has 0 aromatic carbocycles. The van der Waals surface area contributed by atoms with Crippen LogP contribution in [-0.2, 0) is 7.05 Å². The van der Waals surface area contributed by atoms with Gasteiger partial charge in [-0.1, -0.05) is 39.8 Å². The van der Waals surface area contributed by atoms with E-state index < -0.39 is 24.1 Å². The van der Waals surface area contributed by atoms with E-state index in [4.69, 9.17) is 23.2 Å². The number of nitrogens with zero attached hydrogens (tertiary/aromatic N) is 5. The molecule has 2 unspecified atom stereocenters. The highest BCUT2D eigenvalue weighted by molar-refractivity contribution is 7.17. The van der Waals surface area contributed by atoms with E-state index in [2.05, 4.69) is 25.6 Å². The van der Waals surface area contributed by atoms with Crippen molar-refractivity contribution in [2.75, 3.05) is 18.0 Å². The Morgan fingerprint density at radius 1 is 1.38 bits per heavy atom. The van der Waals surface area contributed by atoms with Gasteiger partial charge in [0, 0.05) is 19.3 Å². The Hall–Kier alpha value is -2.70. The second-order valence-electron chi connectivity index (χ2n) is 7.34. The van der Waals surface area contributed by atoms with E-state index in [1.54, 1.807) is 25.1 Å². The van der Waals surface area contributed by atoms with E-state index >= 15 is 0 Å². The summed E-state index contributed by atoms with van der Waals surface area (Å²) in [5.74, 6) is -1.69. The second kappa shape index (κ2) is 8.68. The van der Waals surface area contributed by atoms with E-state index in [0.717, 1.165) is 11.3 Å². The average molecular weight is 502 g/mol. The summed E-state index contributed by atoms with van der Waals surface area (Å²) < 4.78 is 16.4. The molecule has 0 bridgehead atoms. The summed E-state index contributed by atoms with van der Waals surface area (Å²) in [6, 6.07) is -0.740. The van der Waals surface area contributed by atoms with E-state index in [1.807, 2.05) is 0 Å². The SMILES string of the molecule is Cc1[nH]c(C(=O)NC2CCN(c3nc(-c4cn(C)nn4)c(C(=O)O)s3)CC2F)c(Cl)c1Cl. The van der Waals surface area contributed by atoms with Crippen LogP contribution >= 0.6 is 34.5 Å². The van der Waals surface area contributed by atoms with Crippen molar-refractivity contribution in [3.8, 4) is 11.4 Å². The molecule has 1 fully saturated rings. The number of nitrogens with one attached hydrogen (secondary N) is 2. The number of carboxylic acids is 1. The molecule has 170 valence electrons. The van der Waals surface area contributed by atoms with Crippen molar-refractivity contribution in [3.63, 3.8) is 0 Å². The number of aromatic nitrogens is 5. The Balaban J connectivity index is 1.48. The maximum absolute atomic E-state index is 14.9. The molecule has 4 rings (SSSR count). The van der Waals surface area contributed by atoms with Gasteiger partial charge in [0.2, 0.25) is 0 Å². The third-order valence-corrected chi connectivity index (χ3v) is 7.12. The van der Waals surface area contributed by atoms with Gasteiger partial charge in [0.15, 0.2) is 5.13 Å². The Labute approximate surface area is 195 Å². The Morgan fingerprint density at radius 2 is 2.12 bits per heavy atom. The van der Waals surface area contributed by atoms with Crippen molar-refractivity contribution in [2.24, 2.45) is 7.05 Å². The molecule has 1 aliphatic rings. The third-order valence-electron chi connectivity index (χ3n) is 5.06. The monoisotopic (exact) mass is 501 g/mol. The molecule has 1 amide bonds. The fourth-order valence-corrected chi connectivity index (χ4v) is 4.79. The highest BCUT2D eigenvalue weighted by Gasteiger charge is 2.34. The Bertz CT molecular complexity index is 1190. The summed E-state index contributed by atoms with van der Waals surface area (Å²) in [5.41, 5.74) is 1.14. The van der Waals surface area contributed by atoms with Gasteiger partial charge in [-0.05, 0) is 13.3 Å². The lowest BCUT2D eigenvalue weighted by atomic mass is 10.0. The summed E-state index contributed by atoms with van der Waals surface area (Å²) >= 11 is 13.0. The van der Waals surface area contributed by atoms with Crippen LogP contribution < -0.4 is 10.2 Å². The lowest BCUT2D eigenvalue weighted by molar-refractivity contribution is 0.0702. The minimum atomic E-state index is -1.41. The molecule has 1 aliphatic heterocycles. The number of anilines is 1. The van der Waals surface area contributed by atoms with Crippen molar-refractivity contribution in [3.05, 3.63) is 32.5 Å². The van der Waals surface area contributed by atoms with Crippen LogP contribution in [0.4, 0.5) is 9.52 Å². The van der Waals surface area contributed by atoms with E-state index in [1.165, 1.54) is 4.68 Å². The van der Waals surface area contributed by atoms with Crippen molar-refractivity contribution in [2.45, 2.75) is 25.6 Å². The maximum atomic E-state index is 14.9. The molecule has 10 nitrogen and oxygen atoms in total. The number of carbonyl (C=O) groups is 2. The Kier molecular flexibility index (Phi) is 6.10. The quantitative estimate of drug-likeness (QED) is 0.489. The van der Waals surface area contributed by atoms with Gasteiger partial charge in [-0.3, -0.25) is 9.48 Å². The van der Waals surface area contributed by atoms with Gasteiger partial charge >= 0.3 is 5.97 Å². The Morgan fingerprint density at radius 3 is 2.69 bits per heavy atom. The molecular formula is C18H18Cl2FN7O3S. The number of H-pyrrole nitrogens is 1. The van der Waals surface area contributed by atoms with Crippen LogP contribution in [0.25, 0.3) is 11.4 Å². The van der Waals surface area contributed by atoms with Crippen molar-refractivity contribution >= 4 is 51.5 Å².